The van der Waals surface area contributed by atoms with E-state index in [1.807, 2.05) is 18.7 Å². The van der Waals surface area contributed by atoms with Gasteiger partial charge >= 0.3 is 0 Å². The van der Waals surface area contributed by atoms with Crippen molar-refractivity contribution in [3.63, 3.8) is 0 Å². The molecule has 0 aliphatic carbocycles. The number of aliphatic hydroxyl groups is 1. The van der Waals surface area contributed by atoms with E-state index in [9.17, 15) is 4.79 Å². The van der Waals surface area contributed by atoms with Gasteiger partial charge in [-0.25, -0.2) is 0 Å². The summed E-state index contributed by atoms with van der Waals surface area (Å²) in [5.74, 6) is 0. The van der Waals surface area contributed by atoms with E-state index in [1.54, 1.807) is 21.0 Å². The number of hydrogen-bond donors (Lipinski definition) is 1. The quantitative estimate of drug-likeness (QED) is 0.514. The summed E-state index contributed by atoms with van der Waals surface area (Å²) in [4.78, 5) is 12.8. The molecule has 13 heavy (non-hydrogen) atoms. The van der Waals surface area contributed by atoms with Crippen molar-refractivity contribution in [3.8, 4) is 0 Å². The molecule has 0 bridgehead atoms. The van der Waals surface area contributed by atoms with Crippen molar-refractivity contribution in [2.75, 3.05) is 27.2 Å². The summed E-state index contributed by atoms with van der Waals surface area (Å²) in [7, 11) is 3.38. The average Bonchev–Trinajstić information content (AvgIpc) is 2.07. The number of aliphatic hydroxyl groups excluding tert-OH is 1. The number of nitrogens with zero attached hydrogens (tertiary/aromatic N) is 2. The molecule has 0 aromatic rings. The van der Waals surface area contributed by atoms with Crippen LogP contribution in [-0.2, 0) is 4.79 Å². The fraction of sp³-hybridized carbons (Fsp3) is 0.889. The van der Waals surface area contributed by atoms with Crippen LogP contribution in [0.2, 0.25) is 0 Å². The summed E-state index contributed by atoms with van der Waals surface area (Å²) in [6.07, 6.45) is 0.463. The highest BCUT2D eigenvalue weighted by molar-refractivity contribution is 5.45. The lowest BCUT2D eigenvalue weighted by atomic mass is 10.5. The van der Waals surface area contributed by atoms with Crippen molar-refractivity contribution in [1.29, 1.82) is 0 Å². The van der Waals surface area contributed by atoms with Gasteiger partial charge in [0.25, 0.3) is 0 Å². The molecule has 0 fully saturated rings. The lowest BCUT2D eigenvalue weighted by molar-refractivity contribution is -0.115. The van der Waals surface area contributed by atoms with E-state index >= 15 is 0 Å². The summed E-state index contributed by atoms with van der Waals surface area (Å²) in [5, 5.41) is 8.94. The van der Waals surface area contributed by atoms with Crippen molar-refractivity contribution in [3.05, 3.63) is 0 Å². The molecule has 1 unspecified atom stereocenters. The minimum atomic E-state index is -0.287. The van der Waals surface area contributed by atoms with Crippen LogP contribution < -0.4 is 0 Å². The highest BCUT2D eigenvalue weighted by Gasteiger charge is 2.02. The fourth-order valence-electron chi connectivity index (χ4n) is 0.752. The summed E-state index contributed by atoms with van der Waals surface area (Å²) < 4.78 is 0. The van der Waals surface area contributed by atoms with Crippen molar-refractivity contribution in [1.82, 2.24) is 9.80 Å². The maximum Gasteiger partial charge on any atom is 0.209 e. The zero-order valence-corrected chi connectivity index (χ0v) is 9.32. The van der Waals surface area contributed by atoms with Gasteiger partial charge in [-0.3, -0.25) is 9.69 Å². The van der Waals surface area contributed by atoms with Gasteiger partial charge < -0.3 is 10.0 Å². The standard InChI is InChI=1S/C6H15NO.C3H7NO/c1-4-7(5-2)6(3)8;1-4(2)3-5/h6,8H,4-5H2,1-3H3;3H,1-2H3. The molecule has 0 spiro atoms. The van der Waals surface area contributed by atoms with Crippen LogP contribution in [0.25, 0.3) is 0 Å². The third-order valence-corrected chi connectivity index (χ3v) is 1.55. The van der Waals surface area contributed by atoms with Crippen LogP contribution in [0.4, 0.5) is 0 Å². The molecule has 4 heteroatoms. The molecule has 0 aliphatic heterocycles. The normalized spacial score (nSPS) is 11.6. The number of carbonyl (C=O) groups excluding carboxylic acids is 1. The lowest BCUT2D eigenvalue weighted by Gasteiger charge is -2.20. The summed E-state index contributed by atoms with van der Waals surface area (Å²) in [5.41, 5.74) is 0. The van der Waals surface area contributed by atoms with Gasteiger partial charge in [0.05, 0.1) is 0 Å². The van der Waals surface area contributed by atoms with Gasteiger partial charge in [0.15, 0.2) is 0 Å². The molecule has 80 valence electrons. The number of amides is 1. The van der Waals surface area contributed by atoms with E-state index in [1.165, 1.54) is 4.90 Å². The van der Waals surface area contributed by atoms with E-state index in [0.29, 0.717) is 0 Å². The molecule has 0 aromatic heterocycles. The monoisotopic (exact) mass is 190 g/mol. The Hall–Kier alpha value is -0.610. The van der Waals surface area contributed by atoms with E-state index < -0.39 is 0 Å². The van der Waals surface area contributed by atoms with Gasteiger partial charge in [-0.15, -0.1) is 0 Å². The Labute approximate surface area is 81.1 Å². The first-order chi connectivity index (χ1) is 5.99. The Morgan fingerprint density at radius 3 is 1.62 bits per heavy atom. The van der Waals surface area contributed by atoms with Crippen LogP contribution in [0.1, 0.15) is 20.8 Å². The van der Waals surface area contributed by atoms with Gasteiger partial charge in [-0.05, 0) is 20.0 Å². The second-order valence-corrected chi connectivity index (χ2v) is 2.92. The lowest BCUT2D eigenvalue weighted by Crippen LogP contribution is -2.32. The van der Waals surface area contributed by atoms with Gasteiger partial charge in [-0.1, -0.05) is 13.8 Å². The molecule has 0 aliphatic rings. The number of hydrogen-bond acceptors (Lipinski definition) is 3. The highest BCUT2D eigenvalue weighted by atomic mass is 16.3. The minimum Gasteiger partial charge on any atom is -0.379 e. The smallest absolute Gasteiger partial charge is 0.209 e. The second-order valence-electron chi connectivity index (χ2n) is 2.92. The molecular weight excluding hydrogens is 168 g/mol. The van der Waals surface area contributed by atoms with Crippen LogP contribution in [0, 0.1) is 0 Å². The Bertz CT molecular complexity index is 112. The van der Waals surface area contributed by atoms with Crippen LogP contribution in [0.5, 0.6) is 0 Å². The molecule has 0 heterocycles. The Morgan fingerprint density at radius 1 is 1.31 bits per heavy atom. The Balaban J connectivity index is 0. The van der Waals surface area contributed by atoms with Crippen LogP contribution in [0.3, 0.4) is 0 Å². The van der Waals surface area contributed by atoms with Gasteiger partial charge in [0, 0.05) is 14.1 Å². The highest BCUT2D eigenvalue weighted by Crippen LogP contribution is 1.91. The molecule has 1 atom stereocenters. The number of rotatable bonds is 4. The first kappa shape index (κ1) is 14.9. The van der Waals surface area contributed by atoms with Crippen molar-refractivity contribution in [2.24, 2.45) is 0 Å². The molecule has 0 saturated carbocycles. The van der Waals surface area contributed by atoms with Crippen molar-refractivity contribution < 1.29 is 9.90 Å². The van der Waals surface area contributed by atoms with Crippen LogP contribution in [-0.4, -0.2) is 54.7 Å². The zero-order valence-electron chi connectivity index (χ0n) is 9.32. The van der Waals surface area contributed by atoms with Crippen LogP contribution >= 0.6 is 0 Å². The average molecular weight is 190 g/mol. The molecule has 0 saturated heterocycles. The second kappa shape index (κ2) is 9.48. The molecule has 4 nitrogen and oxygen atoms in total. The molecular formula is C9H22N2O2. The SMILES string of the molecule is CCN(CC)C(C)O.CN(C)C=O. The molecule has 1 N–H and O–H groups in total. The fourth-order valence-corrected chi connectivity index (χ4v) is 0.752. The first-order valence-electron chi connectivity index (χ1n) is 4.53. The summed E-state index contributed by atoms with van der Waals surface area (Å²) in [6, 6.07) is 0. The minimum absolute atomic E-state index is 0.287. The Kier molecular flexibility index (Phi) is 10.9. The first-order valence-corrected chi connectivity index (χ1v) is 4.53. The topological polar surface area (TPSA) is 43.8 Å². The molecule has 1 amide bonds. The maximum atomic E-state index is 9.43. The molecule has 0 rings (SSSR count). The van der Waals surface area contributed by atoms with Gasteiger partial charge in [-0.2, -0.15) is 0 Å². The predicted molar refractivity (Wildman–Crippen MR) is 54.4 cm³/mol. The zero-order chi connectivity index (χ0) is 10.9. The third-order valence-electron chi connectivity index (χ3n) is 1.55. The number of carbonyl (C=O) groups is 1. The van der Waals surface area contributed by atoms with Crippen molar-refractivity contribution in [2.45, 2.75) is 27.0 Å². The van der Waals surface area contributed by atoms with Gasteiger partial charge in [0.1, 0.15) is 6.23 Å². The molecule has 0 aromatic carbocycles. The predicted octanol–water partition coefficient (Wildman–Crippen LogP) is 0.371. The summed E-state index contributed by atoms with van der Waals surface area (Å²) >= 11 is 0. The Morgan fingerprint density at radius 2 is 1.62 bits per heavy atom. The van der Waals surface area contributed by atoms with Crippen LogP contribution in [0.15, 0.2) is 0 Å². The van der Waals surface area contributed by atoms with E-state index in [4.69, 9.17) is 5.11 Å². The summed E-state index contributed by atoms with van der Waals surface area (Å²) in [6.45, 7) is 7.71. The van der Waals surface area contributed by atoms with E-state index in [-0.39, 0.29) is 6.23 Å². The van der Waals surface area contributed by atoms with E-state index in [2.05, 4.69) is 0 Å². The molecule has 0 radical (unpaired) electrons. The maximum absolute atomic E-state index is 9.43. The largest absolute Gasteiger partial charge is 0.379 e. The van der Waals surface area contributed by atoms with Crippen molar-refractivity contribution >= 4 is 6.41 Å². The third kappa shape index (κ3) is 11.4. The van der Waals surface area contributed by atoms with E-state index in [0.717, 1.165) is 19.5 Å². The van der Waals surface area contributed by atoms with Gasteiger partial charge in [0.2, 0.25) is 6.41 Å².